The molecule has 0 aliphatic carbocycles. The Balaban J connectivity index is 1.64. The predicted octanol–water partition coefficient (Wildman–Crippen LogP) is 2.69. The summed E-state index contributed by atoms with van der Waals surface area (Å²) in [5.41, 5.74) is 1.55. The van der Waals surface area contributed by atoms with Crippen molar-refractivity contribution in [3.8, 4) is 0 Å². The molecule has 1 amide bonds. The monoisotopic (exact) mass is 331 g/mol. The van der Waals surface area contributed by atoms with E-state index in [2.05, 4.69) is 10.2 Å². The molecule has 4 rings (SSSR count). The average molecular weight is 331 g/mol. The van der Waals surface area contributed by atoms with Gasteiger partial charge in [-0.05, 0) is 31.1 Å². The number of aromatic nitrogens is 2. The molecule has 2 saturated heterocycles. The van der Waals surface area contributed by atoms with Crippen LogP contribution >= 0.6 is 11.8 Å². The molecule has 5 nitrogen and oxygen atoms in total. The Kier molecular flexibility index (Phi) is 4.27. The molecule has 0 bridgehead atoms. The quantitative estimate of drug-likeness (QED) is 0.936. The van der Waals surface area contributed by atoms with Gasteiger partial charge in [0.1, 0.15) is 0 Å². The molecular formula is C17H21N3O2S. The maximum Gasteiger partial charge on any atom is 0.256 e. The van der Waals surface area contributed by atoms with E-state index in [1.165, 1.54) is 0 Å². The van der Waals surface area contributed by atoms with Gasteiger partial charge in [-0.2, -0.15) is 16.9 Å². The zero-order valence-corrected chi connectivity index (χ0v) is 13.8. The SMILES string of the molecule is O=C(c1cccc2cn[nH]c12)N(C[C@@H]1CCCO1)[C@H]1CCSC1. The summed E-state index contributed by atoms with van der Waals surface area (Å²) >= 11 is 1.93. The maximum absolute atomic E-state index is 13.2. The van der Waals surface area contributed by atoms with Crippen LogP contribution in [0.5, 0.6) is 0 Å². The number of nitrogens with zero attached hydrogens (tertiary/aromatic N) is 2. The van der Waals surface area contributed by atoms with Crippen molar-refractivity contribution in [1.29, 1.82) is 0 Å². The molecule has 2 aliphatic rings. The first kappa shape index (κ1) is 15.0. The van der Waals surface area contributed by atoms with Crippen LogP contribution in [0.2, 0.25) is 0 Å². The number of hydrogen-bond acceptors (Lipinski definition) is 4. The van der Waals surface area contributed by atoms with Gasteiger partial charge in [-0.1, -0.05) is 12.1 Å². The highest BCUT2D eigenvalue weighted by atomic mass is 32.2. The lowest BCUT2D eigenvalue weighted by Crippen LogP contribution is -2.44. The molecule has 2 aromatic rings. The second kappa shape index (κ2) is 6.53. The van der Waals surface area contributed by atoms with Crippen LogP contribution in [-0.4, -0.2) is 57.8 Å². The van der Waals surface area contributed by atoms with E-state index in [9.17, 15) is 4.79 Å². The highest BCUT2D eigenvalue weighted by molar-refractivity contribution is 7.99. The number of ether oxygens (including phenoxy) is 1. The molecule has 1 N–H and O–H groups in total. The van der Waals surface area contributed by atoms with Crippen molar-refractivity contribution in [3.05, 3.63) is 30.0 Å². The minimum Gasteiger partial charge on any atom is -0.376 e. The molecule has 23 heavy (non-hydrogen) atoms. The van der Waals surface area contributed by atoms with Crippen molar-refractivity contribution in [3.63, 3.8) is 0 Å². The highest BCUT2D eigenvalue weighted by Gasteiger charge is 2.32. The third-order valence-corrected chi connectivity index (χ3v) is 5.88. The number of carbonyl (C=O) groups is 1. The van der Waals surface area contributed by atoms with Crippen LogP contribution in [0.3, 0.4) is 0 Å². The number of nitrogens with one attached hydrogen (secondary N) is 1. The maximum atomic E-state index is 13.2. The van der Waals surface area contributed by atoms with Crippen molar-refractivity contribution >= 4 is 28.6 Å². The van der Waals surface area contributed by atoms with E-state index < -0.39 is 0 Å². The van der Waals surface area contributed by atoms with Crippen LogP contribution in [0.25, 0.3) is 10.9 Å². The summed E-state index contributed by atoms with van der Waals surface area (Å²) in [6, 6.07) is 6.12. The summed E-state index contributed by atoms with van der Waals surface area (Å²) in [6.45, 7) is 1.52. The lowest BCUT2D eigenvalue weighted by Gasteiger charge is -2.31. The number of amides is 1. The van der Waals surface area contributed by atoms with Gasteiger partial charge in [-0.25, -0.2) is 0 Å². The minimum absolute atomic E-state index is 0.0999. The van der Waals surface area contributed by atoms with E-state index in [0.29, 0.717) is 12.6 Å². The van der Waals surface area contributed by atoms with Gasteiger partial charge >= 0.3 is 0 Å². The number of carbonyl (C=O) groups excluding carboxylic acids is 1. The number of thioether (sulfide) groups is 1. The Bertz CT molecular complexity index is 690. The van der Waals surface area contributed by atoms with E-state index in [1.807, 2.05) is 34.9 Å². The first-order valence-electron chi connectivity index (χ1n) is 8.25. The summed E-state index contributed by atoms with van der Waals surface area (Å²) in [4.78, 5) is 15.3. The van der Waals surface area contributed by atoms with Crippen molar-refractivity contribution in [2.75, 3.05) is 24.7 Å². The fourth-order valence-corrected chi connectivity index (χ4v) is 4.70. The summed E-state index contributed by atoms with van der Waals surface area (Å²) in [6.07, 6.45) is 5.18. The third kappa shape index (κ3) is 2.97. The van der Waals surface area contributed by atoms with Crippen molar-refractivity contribution in [2.24, 2.45) is 0 Å². The van der Waals surface area contributed by atoms with Crippen molar-refractivity contribution in [2.45, 2.75) is 31.4 Å². The van der Waals surface area contributed by atoms with Crippen LogP contribution in [-0.2, 0) is 4.74 Å². The van der Waals surface area contributed by atoms with Crippen LogP contribution in [0.1, 0.15) is 29.6 Å². The van der Waals surface area contributed by atoms with Gasteiger partial charge in [0.05, 0.1) is 23.4 Å². The molecular weight excluding hydrogens is 310 g/mol. The third-order valence-electron chi connectivity index (χ3n) is 4.74. The zero-order chi connectivity index (χ0) is 15.6. The molecule has 6 heteroatoms. The molecule has 1 aromatic carbocycles. The first-order chi connectivity index (χ1) is 11.3. The minimum atomic E-state index is 0.0999. The normalized spacial score (nSPS) is 24.3. The van der Waals surface area contributed by atoms with E-state index in [4.69, 9.17) is 4.74 Å². The van der Waals surface area contributed by atoms with E-state index >= 15 is 0 Å². The van der Waals surface area contributed by atoms with Gasteiger partial charge in [0.25, 0.3) is 5.91 Å². The molecule has 0 unspecified atom stereocenters. The number of rotatable bonds is 4. The molecule has 0 saturated carbocycles. The Labute approximate surface area is 139 Å². The fraction of sp³-hybridized carbons (Fsp3) is 0.529. The van der Waals surface area contributed by atoms with E-state index in [0.717, 1.165) is 53.8 Å². The lowest BCUT2D eigenvalue weighted by molar-refractivity contribution is 0.0443. The molecule has 122 valence electrons. The van der Waals surface area contributed by atoms with E-state index in [-0.39, 0.29) is 12.0 Å². The summed E-state index contributed by atoms with van der Waals surface area (Å²) in [5, 5.41) is 8.03. The highest BCUT2D eigenvalue weighted by Crippen LogP contribution is 2.27. The number of benzene rings is 1. The van der Waals surface area contributed by atoms with Gasteiger partial charge in [-0.3, -0.25) is 9.89 Å². The first-order valence-corrected chi connectivity index (χ1v) is 9.41. The standard InChI is InChI=1S/C17H21N3O2S/c21-17(15-5-1-3-12-9-18-19-16(12)15)20(13-6-8-23-11-13)10-14-4-2-7-22-14/h1,3,5,9,13-14H,2,4,6-8,10-11H2,(H,18,19)/t13-,14-/m0/s1. The van der Waals surface area contributed by atoms with Gasteiger partial charge in [0.2, 0.25) is 0 Å². The summed E-state index contributed by atoms with van der Waals surface area (Å²) in [7, 11) is 0. The van der Waals surface area contributed by atoms with Gasteiger partial charge in [0.15, 0.2) is 0 Å². The van der Waals surface area contributed by atoms with Gasteiger partial charge in [-0.15, -0.1) is 0 Å². The van der Waals surface area contributed by atoms with Gasteiger partial charge < -0.3 is 9.64 Å². The predicted molar refractivity (Wildman–Crippen MR) is 91.8 cm³/mol. The van der Waals surface area contributed by atoms with Crippen LogP contribution in [0, 0.1) is 0 Å². The summed E-state index contributed by atoms with van der Waals surface area (Å²) in [5.74, 6) is 2.26. The fourth-order valence-electron chi connectivity index (χ4n) is 3.48. The number of fused-ring (bicyclic) bond motifs is 1. The molecule has 1 aromatic heterocycles. The number of aromatic amines is 1. The van der Waals surface area contributed by atoms with Crippen molar-refractivity contribution in [1.82, 2.24) is 15.1 Å². The van der Waals surface area contributed by atoms with Gasteiger partial charge in [0, 0.05) is 30.3 Å². The molecule has 2 atom stereocenters. The smallest absolute Gasteiger partial charge is 0.256 e. The molecule has 0 radical (unpaired) electrons. The average Bonchev–Trinajstić information content (AvgIpc) is 3.33. The largest absolute Gasteiger partial charge is 0.376 e. The number of para-hydroxylation sites is 1. The molecule has 2 fully saturated rings. The Morgan fingerprint density at radius 2 is 2.39 bits per heavy atom. The van der Waals surface area contributed by atoms with E-state index in [1.54, 1.807) is 6.20 Å². The topological polar surface area (TPSA) is 58.2 Å². The Hall–Kier alpha value is -1.53. The molecule has 2 aliphatic heterocycles. The van der Waals surface area contributed by atoms with Crippen LogP contribution in [0.15, 0.2) is 24.4 Å². The van der Waals surface area contributed by atoms with Crippen LogP contribution in [0.4, 0.5) is 0 Å². The zero-order valence-electron chi connectivity index (χ0n) is 13.0. The second-order valence-corrected chi connectivity index (χ2v) is 7.40. The number of H-pyrrole nitrogens is 1. The summed E-state index contributed by atoms with van der Waals surface area (Å²) < 4.78 is 5.78. The Morgan fingerprint density at radius 1 is 1.43 bits per heavy atom. The second-order valence-electron chi connectivity index (χ2n) is 6.25. The molecule has 0 spiro atoms. The lowest BCUT2D eigenvalue weighted by atomic mass is 10.1. The molecule has 3 heterocycles. The Morgan fingerprint density at radius 3 is 3.17 bits per heavy atom. The van der Waals surface area contributed by atoms with Crippen LogP contribution < -0.4 is 0 Å². The number of hydrogen-bond donors (Lipinski definition) is 1. The van der Waals surface area contributed by atoms with Crippen molar-refractivity contribution < 1.29 is 9.53 Å².